The Morgan fingerprint density at radius 1 is 1.31 bits per heavy atom. The molecular formula is C12H11Cl2NO. The quantitative estimate of drug-likeness (QED) is 0.825. The highest BCUT2D eigenvalue weighted by Crippen LogP contribution is 2.47. The van der Waals surface area contributed by atoms with Crippen molar-refractivity contribution in [2.75, 3.05) is 0 Å². The van der Waals surface area contributed by atoms with Crippen LogP contribution in [0.1, 0.15) is 24.8 Å². The van der Waals surface area contributed by atoms with E-state index in [4.69, 9.17) is 28.5 Å². The van der Waals surface area contributed by atoms with Crippen molar-refractivity contribution in [3.05, 3.63) is 33.8 Å². The molecule has 1 aliphatic carbocycles. The van der Waals surface area contributed by atoms with E-state index in [1.54, 1.807) is 12.1 Å². The van der Waals surface area contributed by atoms with Crippen LogP contribution in [0.4, 0.5) is 0 Å². The van der Waals surface area contributed by atoms with Gasteiger partial charge in [0.2, 0.25) is 0 Å². The molecule has 1 saturated carbocycles. The molecule has 4 heteroatoms. The van der Waals surface area contributed by atoms with Crippen molar-refractivity contribution in [1.29, 1.82) is 5.26 Å². The van der Waals surface area contributed by atoms with E-state index >= 15 is 0 Å². The van der Waals surface area contributed by atoms with E-state index in [0.717, 1.165) is 24.8 Å². The van der Waals surface area contributed by atoms with Crippen LogP contribution in [0, 0.1) is 11.3 Å². The Balaban J connectivity index is 2.42. The van der Waals surface area contributed by atoms with Gasteiger partial charge in [-0.2, -0.15) is 5.26 Å². The lowest BCUT2D eigenvalue weighted by Gasteiger charge is -2.43. The van der Waals surface area contributed by atoms with Gasteiger partial charge >= 0.3 is 0 Å². The molecule has 0 bridgehead atoms. The van der Waals surface area contributed by atoms with E-state index in [0.29, 0.717) is 10.0 Å². The second-order valence-electron chi connectivity index (χ2n) is 4.17. The molecule has 16 heavy (non-hydrogen) atoms. The molecule has 0 saturated heterocycles. The lowest BCUT2D eigenvalue weighted by atomic mass is 9.61. The third kappa shape index (κ3) is 1.69. The molecule has 0 spiro atoms. The van der Waals surface area contributed by atoms with Crippen LogP contribution in [-0.2, 0) is 5.41 Å². The SMILES string of the molecule is N#CC(O)C1(c2ccc(Cl)c(Cl)c2)CCC1. The Kier molecular flexibility index (Phi) is 3.12. The summed E-state index contributed by atoms with van der Waals surface area (Å²) in [6, 6.07) is 7.23. The van der Waals surface area contributed by atoms with E-state index in [1.807, 2.05) is 12.1 Å². The Morgan fingerprint density at radius 3 is 2.44 bits per heavy atom. The number of aliphatic hydroxyl groups is 1. The second-order valence-corrected chi connectivity index (χ2v) is 4.98. The smallest absolute Gasteiger partial charge is 0.150 e. The highest BCUT2D eigenvalue weighted by Gasteiger charge is 2.45. The second kappa shape index (κ2) is 4.25. The highest BCUT2D eigenvalue weighted by molar-refractivity contribution is 6.42. The van der Waals surface area contributed by atoms with E-state index in [9.17, 15) is 5.11 Å². The molecule has 0 amide bonds. The van der Waals surface area contributed by atoms with E-state index in [-0.39, 0.29) is 0 Å². The first-order valence-electron chi connectivity index (χ1n) is 5.13. The van der Waals surface area contributed by atoms with Crippen LogP contribution in [0.3, 0.4) is 0 Å². The van der Waals surface area contributed by atoms with Crippen molar-refractivity contribution in [1.82, 2.24) is 0 Å². The minimum absolute atomic E-state index is 0.441. The van der Waals surface area contributed by atoms with Gasteiger partial charge in [-0.05, 0) is 30.5 Å². The largest absolute Gasteiger partial charge is 0.377 e. The predicted molar refractivity (Wildman–Crippen MR) is 63.6 cm³/mol. The van der Waals surface area contributed by atoms with Crippen LogP contribution < -0.4 is 0 Å². The molecule has 0 heterocycles. The number of nitriles is 1. The molecule has 0 aromatic heterocycles. The third-order valence-corrected chi connectivity index (χ3v) is 4.13. The minimum atomic E-state index is -0.974. The molecule has 1 atom stereocenters. The third-order valence-electron chi connectivity index (χ3n) is 3.39. The van der Waals surface area contributed by atoms with Gasteiger partial charge in [0.05, 0.1) is 16.1 Å². The maximum atomic E-state index is 9.80. The van der Waals surface area contributed by atoms with Gasteiger partial charge < -0.3 is 5.11 Å². The maximum absolute atomic E-state index is 9.80. The van der Waals surface area contributed by atoms with Crippen molar-refractivity contribution in [2.45, 2.75) is 30.8 Å². The Labute approximate surface area is 104 Å². The molecule has 84 valence electrons. The Hall–Kier alpha value is -0.750. The summed E-state index contributed by atoms with van der Waals surface area (Å²) in [5.74, 6) is 0. The topological polar surface area (TPSA) is 44.0 Å². The minimum Gasteiger partial charge on any atom is -0.377 e. The summed E-state index contributed by atoms with van der Waals surface area (Å²) in [6.45, 7) is 0. The van der Waals surface area contributed by atoms with Crippen molar-refractivity contribution < 1.29 is 5.11 Å². The monoisotopic (exact) mass is 255 g/mol. The zero-order valence-electron chi connectivity index (χ0n) is 8.58. The van der Waals surface area contributed by atoms with Crippen LogP contribution in [0.2, 0.25) is 10.0 Å². The molecule has 0 radical (unpaired) electrons. The number of rotatable bonds is 2. The summed E-state index contributed by atoms with van der Waals surface area (Å²) in [5.41, 5.74) is 0.463. The molecule has 1 N–H and O–H groups in total. The van der Waals surface area contributed by atoms with Crippen molar-refractivity contribution >= 4 is 23.2 Å². The summed E-state index contributed by atoms with van der Waals surface area (Å²) in [5, 5.41) is 19.6. The summed E-state index contributed by atoms with van der Waals surface area (Å²) in [7, 11) is 0. The lowest BCUT2D eigenvalue weighted by Crippen LogP contribution is -2.44. The molecule has 1 aromatic rings. The first-order chi connectivity index (χ1) is 7.60. The summed E-state index contributed by atoms with van der Waals surface area (Å²) in [6.07, 6.45) is 1.69. The van der Waals surface area contributed by atoms with E-state index in [2.05, 4.69) is 0 Å². The Morgan fingerprint density at radius 2 is 2.00 bits per heavy atom. The molecular weight excluding hydrogens is 245 g/mol. The van der Waals surface area contributed by atoms with Gasteiger partial charge in [-0.1, -0.05) is 35.7 Å². The normalized spacial score (nSPS) is 19.6. The lowest BCUT2D eigenvalue weighted by molar-refractivity contribution is 0.0681. The van der Waals surface area contributed by atoms with Gasteiger partial charge in [-0.3, -0.25) is 0 Å². The van der Waals surface area contributed by atoms with Crippen molar-refractivity contribution in [3.8, 4) is 6.07 Å². The van der Waals surface area contributed by atoms with Gasteiger partial charge in [0.25, 0.3) is 0 Å². The fraction of sp³-hybridized carbons (Fsp3) is 0.417. The molecule has 1 unspecified atom stereocenters. The van der Waals surface area contributed by atoms with E-state index in [1.165, 1.54) is 0 Å². The average molecular weight is 256 g/mol. The molecule has 2 rings (SSSR count). The molecule has 2 nitrogen and oxygen atoms in total. The number of hydrogen-bond acceptors (Lipinski definition) is 2. The average Bonchev–Trinajstić information content (AvgIpc) is 2.21. The van der Waals surface area contributed by atoms with Crippen molar-refractivity contribution in [3.63, 3.8) is 0 Å². The fourth-order valence-corrected chi connectivity index (χ4v) is 2.51. The van der Waals surface area contributed by atoms with Gasteiger partial charge in [-0.25, -0.2) is 0 Å². The van der Waals surface area contributed by atoms with Crippen LogP contribution in [0.5, 0.6) is 0 Å². The van der Waals surface area contributed by atoms with Crippen LogP contribution in [-0.4, -0.2) is 11.2 Å². The fourth-order valence-electron chi connectivity index (χ4n) is 2.21. The van der Waals surface area contributed by atoms with Gasteiger partial charge in [0.1, 0.15) is 6.10 Å². The Bertz CT molecular complexity index is 449. The number of hydrogen-bond donors (Lipinski definition) is 1. The van der Waals surface area contributed by atoms with Crippen LogP contribution in [0.15, 0.2) is 18.2 Å². The summed E-state index contributed by atoms with van der Waals surface area (Å²) in [4.78, 5) is 0. The number of nitrogens with zero attached hydrogens (tertiary/aromatic N) is 1. The number of aliphatic hydroxyl groups excluding tert-OH is 1. The molecule has 1 fully saturated rings. The first kappa shape index (κ1) is 11.7. The maximum Gasteiger partial charge on any atom is 0.150 e. The van der Waals surface area contributed by atoms with Crippen molar-refractivity contribution in [2.24, 2.45) is 0 Å². The molecule has 1 aliphatic rings. The zero-order valence-corrected chi connectivity index (χ0v) is 10.1. The van der Waals surface area contributed by atoms with Crippen LogP contribution in [0.25, 0.3) is 0 Å². The van der Waals surface area contributed by atoms with E-state index < -0.39 is 11.5 Å². The van der Waals surface area contributed by atoms with Gasteiger partial charge in [0, 0.05) is 5.41 Å². The predicted octanol–water partition coefficient (Wildman–Crippen LogP) is 3.30. The number of halogens is 2. The number of benzene rings is 1. The first-order valence-corrected chi connectivity index (χ1v) is 5.89. The highest BCUT2D eigenvalue weighted by atomic mass is 35.5. The molecule has 1 aromatic carbocycles. The van der Waals surface area contributed by atoms with Crippen LogP contribution >= 0.6 is 23.2 Å². The standard InChI is InChI=1S/C12H11Cl2NO/c13-9-3-2-8(6-10(9)14)12(4-1-5-12)11(16)7-15/h2-3,6,11,16H,1,4-5H2. The molecule has 0 aliphatic heterocycles. The summed E-state index contributed by atoms with van der Waals surface area (Å²) < 4.78 is 0. The summed E-state index contributed by atoms with van der Waals surface area (Å²) >= 11 is 11.8. The van der Waals surface area contributed by atoms with Gasteiger partial charge in [0.15, 0.2) is 0 Å². The van der Waals surface area contributed by atoms with Gasteiger partial charge in [-0.15, -0.1) is 0 Å². The zero-order chi connectivity index (χ0) is 11.8.